The van der Waals surface area contributed by atoms with E-state index < -0.39 is 30.2 Å². The van der Waals surface area contributed by atoms with Crippen LogP contribution in [0.5, 0.6) is 11.8 Å². The average molecular weight is 725 g/mol. The fraction of sp³-hybridized carbons (Fsp3) is 0.390. The average Bonchev–Trinajstić information content (AvgIpc) is 3.48. The van der Waals surface area contributed by atoms with E-state index in [4.69, 9.17) is 24.3 Å². The maximum atomic E-state index is 15.4. The van der Waals surface area contributed by atoms with Crippen LogP contribution in [0.1, 0.15) is 38.3 Å². The van der Waals surface area contributed by atoms with Crippen LogP contribution in [-0.4, -0.2) is 87.5 Å². The Morgan fingerprint density at radius 2 is 1.51 bits per heavy atom. The number of hydrogen-bond donors (Lipinski definition) is 0. The third-order valence-corrected chi connectivity index (χ3v) is 9.71. The molecule has 2 aromatic heterocycles. The highest BCUT2D eigenvalue weighted by Crippen LogP contribution is 2.37. The molecular formula is C41H46F2N6O4. The molecule has 0 N–H and O–H groups in total. The van der Waals surface area contributed by atoms with Gasteiger partial charge in [-0.05, 0) is 62.6 Å². The molecule has 0 saturated carbocycles. The van der Waals surface area contributed by atoms with Gasteiger partial charge >= 0.3 is 6.09 Å². The molecule has 7 rings (SSSR count). The van der Waals surface area contributed by atoms with E-state index in [9.17, 15) is 4.79 Å². The second kappa shape index (κ2) is 15.0. The van der Waals surface area contributed by atoms with E-state index >= 15 is 8.78 Å². The summed E-state index contributed by atoms with van der Waals surface area (Å²) in [5.74, 6) is -2.16. The first-order valence-electron chi connectivity index (χ1n) is 18.1. The molecule has 4 heterocycles. The topological polar surface area (TPSA) is 85.2 Å². The minimum absolute atomic E-state index is 0.196. The molecule has 3 aromatic carbocycles. The molecule has 1 atom stereocenters. The van der Waals surface area contributed by atoms with Crippen molar-refractivity contribution < 1.29 is 27.8 Å². The van der Waals surface area contributed by atoms with Crippen molar-refractivity contribution >= 4 is 22.7 Å². The van der Waals surface area contributed by atoms with Crippen LogP contribution in [0.3, 0.4) is 0 Å². The Balaban J connectivity index is 1.06. The molecule has 0 radical (unpaired) electrons. The Labute approximate surface area is 308 Å². The summed E-state index contributed by atoms with van der Waals surface area (Å²) in [5.41, 5.74) is 4.74. The van der Waals surface area contributed by atoms with Crippen molar-refractivity contribution in [1.82, 2.24) is 24.6 Å². The Morgan fingerprint density at radius 1 is 0.849 bits per heavy atom. The number of piperazine rings is 1. The number of rotatable bonds is 9. The van der Waals surface area contributed by atoms with Crippen LogP contribution < -0.4 is 14.4 Å². The second-order valence-corrected chi connectivity index (χ2v) is 14.7. The highest BCUT2D eigenvalue weighted by molar-refractivity contribution is 5.96. The number of anilines is 1. The van der Waals surface area contributed by atoms with Crippen LogP contribution in [0.2, 0.25) is 0 Å². The van der Waals surface area contributed by atoms with E-state index in [0.717, 1.165) is 43.9 Å². The lowest BCUT2D eigenvalue weighted by Gasteiger charge is -2.46. The van der Waals surface area contributed by atoms with Crippen LogP contribution in [0.25, 0.3) is 22.2 Å². The molecule has 5 aromatic rings. The van der Waals surface area contributed by atoms with Gasteiger partial charge in [0.15, 0.2) is 0 Å². The van der Waals surface area contributed by atoms with Gasteiger partial charge in [-0.2, -0.15) is 10.1 Å². The fourth-order valence-electron chi connectivity index (χ4n) is 7.04. The number of fused-ring (bicyclic) bond motifs is 1. The maximum Gasteiger partial charge on any atom is 0.410 e. The molecule has 10 nitrogen and oxygen atoms in total. The number of aromatic nitrogens is 3. The largest absolute Gasteiger partial charge is 0.473 e. The van der Waals surface area contributed by atoms with E-state index in [-0.39, 0.29) is 13.0 Å². The number of halogens is 2. The number of carbonyl (C=O) groups is 1. The molecule has 0 unspecified atom stereocenters. The third kappa shape index (κ3) is 8.38. The third-order valence-electron chi connectivity index (χ3n) is 9.71. The predicted molar refractivity (Wildman–Crippen MR) is 200 cm³/mol. The lowest BCUT2D eigenvalue weighted by atomic mass is 9.98. The Kier molecular flexibility index (Phi) is 10.2. The van der Waals surface area contributed by atoms with E-state index in [1.165, 1.54) is 0 Å². The highest BCUT2D eigenvalue weighted by atomic mass is 19.3. The minimum Gasteiger partial charge on any atom is -0.473 e. The molecule has 1 amide bonds. The van der Waals surface area contributed by atoms with Crippen LogP contribution in [-0.2, 0) is 25.0 Å². The molecule has 0 spiro atoms. The first-order valence-corrected chi connectivity index (χ1v) is 18.1. The summed E-state index contributed by atoms with van der Waals surface area (Å²) in [6.45, 7) is 7.72. The van der Waals surface area contributed by atoms with Crippen molar-refractivity contribution in [2.24, 2.45) is 7.05 Å². The van der Waals surface area contributed by atoms with Crippen molar-refractivity contribution in [3.8, 4) is 23.0 Å². The van der Waals surface area contributed by atoms with Crippen molar-refractivity contribution in [3.63, 3.8) is 0 Å². The Bertz CT molecular complexity index is 2030. The molecule has 12 heteroatoms. The number of alkyl halides is 2. The van der Waals surface area contributed by atoms with Crippen LogP contribution in [0.15, 0.2) is 91.0 Å². The highest BCUT2D eigenvalue weighted by Gasteiger charge is 2.49. The Hall–Kier alpha value is -5.23. The van der Waals surface area contributed by atoms with Crippen LogP contribution in [0.4, 0.5) is 19.3 Å². The molecule has 0 aliphatic carbocycles. The number of likely N-dealkylation sites (tertiary alicyclic amines) is 1. The van der Waals surface area contributed by atoms with Crippen LogP contribution >= 0.6 is 0 Å². The number of aryl methyl sites for hydroxylation is 1. The summed E-state index contributed by atoms with van der Waals surface area (Å²) in [7, 11) is 1.91. The monoisotopic (exact) mass is 724 g/mol. The first-order chi connectivity index (χ1) is 25.4. The van der Waals surface area contributed by atoms with Gasteiger partial charge in [0.2, 0.25) is 11.8 Å². The van der Waals surface area contributed by atoms with Crippen LogP contribution in [0, 0.1) is 0 Å². The van der Waals surface area contributed by atoms with Gasteiger partial charge < -0.3 is 24.0 Å². The fourth-order valence-corrected chi connectivity index (χ4v) is 7.04. The number of ether oxygens (including phenoxy) is 3. The van der Waals surface area contributed by atoms with E-state index in [0.29, 0.717) is 51.2 Å². The number of benzene rings is 3. The molecule has 2 saturated heterocycles. The van der Waals surface area contributed by atoms with Crippen molar-refractivity contribution in [3.05, 3.63) is 102 Å². The number of carbonyl (C=O) groups excluding carboxylic acids is 1. The van der Waals surface area contributed by atoms with Gasteiger partial charge in [0.25, 0.3) is 5.92 Å². The van der Waals surface area contributed by atoms with Gasteiger partial charge in [0.1, 0.15) is 24.5 Å². The molecule has 2 aliphatic rings. The van der Waals surface area contributed by atoms with E-state index in [1.807, 2.05) is 89.4 Å². The van der Waals surface area contributed by atoms with Crippen molar-refractivity contribution in [1.29, 1.82) is 0 Å². The van der Waals surface area contributed by atoms with Crippen molar-refractivity contribution in [2.45, 2.75) is 58.0 Å². The minimum atomic E-state index is -3.04. The summed E-state index contributed by atoms with van der Waals surface area (Å²) >= 11 is 0. The van der Waals surface area contributed by atoms with Gasteiger partial charge in [-0.1, -0.05) is 60.7 Å². The molecule has 0 bridgehead atoms. The number of piperidine rings is 1. The van der Waals surface area contributed by atoms with Crippen molar-refractivity contribution in [2.75, 3.05) is 44.2 Å². The number of amides is 1. The first kappa shape index (κ1) is 36.1. The summed E-state index contributed by atoms with van der Waals surface area (Å²) in [6.07, 6.45) is -0.492. The van der Waals surface area contributed by atoms with Gasteiger partial charge in [-0.3, -0.25) is 9.58 Å². The van der Waals surface area contributed by atoms with Gasteiger partial charge in [-0.25, -0.2) is 13.6 Å². The maximum absolute atomic E-state index is 15.4. The summed E-state index contributed by atoms with van der Waals surface area (Å²) in [4.78, 5) is 22.5. The lowest BCUT2D eigenvalue weighted by molar-refractivity contribution is -0.126. The molecule has 278 valence electrons. The zero-order valence-electron chi connectivity index (χ0n) is 30.7. The number of hydrogen-bond acceptors (Lipinski definition) is 8. The molecule has 53 heavy (non-hydrogen) atoms. The summed E-state index contributed by atoms with van der Waals surface area (Å²) in [5, 5.41) is 5.86. The molecule has 2 fully saturated rings. The summed E-state index contributed by atoms with van der Waals surface area (Å²) in [6, 6.07) is 28.9. The zero-order chi connectivity index (χ0) is 37.2. The smallest absolute Gasteiger partial charge is 0.410 e. The molecule has 2 aliphatic heterocycles. The summed E-state index contributed by atoms with van der Waals surface area (Å²) < 4.78 is 50.5. The Morgan fingerprint density at radius 3 is 2.15 bits per heavy atom. The van der Waals surface area contributed by atoms with Gasteiger partial charge in [0, 0.05) is 56.9 Å². The predicted octanol–water partition coefficient (Wildman–Crippen LogP) is 7.56. The van der Waals surface area contributed by atoms with Gasteiger partial charge in [0.05, 0.1) is 23.7 Å². The normalized spacial score (nSPS) is 17.9. The number of nitrogens with zero attached hydrogens (tertiary/aromatic N) is 6. The SMILES string of the molecule is Cn1nc(-c2ccc(OCc3ccccc3)nc2OCc2ccccc2)c2ccc(N3CCN([C@H]4CCN(C(=O)OC(C)(C)C)CC4(F)F)CC3)cc21. The quantitative estimate of drug-likeness (QED) is 0.154. The van der Waals surface area contributed by atoms with E-state index in [2.05, 4.69) is 23.1 Å². The standard InChI is InChI=1S/C41H46F2N6O4/c1-40(2,3)53-39(50)49-20-19-35(41(42,43)28-49)48-23-21-47(22-24-48)31-15-16-32-34(25-31)46(4)45-37(32)33-17-18-36(51-26-29-11-7-5-8-12-29)44-38(33)52-27-30-13-9-6-10-14-30/h5-18,25,35H,19-24,26-28H2,1-4H3/t35-/m0/s1. The van der Waals surface area contributed by atoms with E-state index in [1.54, 1.807) is 20.8 Å². The second-order valence-electron chi connectivity index (χ2n) is 14.7. The lowest BCUT2D eigenvalue weighted by Crippen LogP contribution is -2.62. The number of pyridine rings is 1. The van der Waals surface area contributed by atoms with Gasteiger partial charge in [-0.15, -0.1) is 0 Å². The zero-order valence-corrected chi connectivity index (χ0v) is 30.7. The molecular weight excluding hydrogens is 678 g/mol.